The van der Waals surface area contributed by atoms with E-state index in [0.29, 0.717) is 34.8 Å². The van der Waals surface area contributed by atoms with E-state index in [0.717, 1.165) is 27.4 Å². The summed E-state index contributed by atoms with van der Waals surface area (Å²) in [5, 5.41) is 15.3. The Hall–Kier alpha value is -3.63. The molecule has 0 spiro atoms. The molecule has 0 radical (unpaired) electrons. The third-order valence-electron chi connectivity index (χ3n) is 5.82. The molecule has 0 aromatic heterocycles. The highest BCUT2D eigenvalue weighted by Gasteiger charge is 2.28. The van der Waals surface area contributed by atoms with Crippen molar-refractivity contribution in [2.75, 3.05) is 28.2 Å². The first-order valence-electron chi connectivity index (χ1n) is 11.0. The van der Waals surface area contributed by atoms with Gasteiger partial charge < -0.3 is 15.7 Å². The largest absolute Gasteiger partial charge is 0.481 e. The summed E-state index contributed by atoms with van der Waals surface area (Å²) in [6.45, 7) is 0. The van der Waals surface area contributed by atoms with Gasteiger partial charge in [-0.2, -0.15) is 0 Å². The van der Waals surface area contributed by atoms with Crippen LogP contribution in [-0.4, -0.2) is 38.7 Å². The maximum atomic E-state index is 13.1. The number of halogens is 1. The highest BCUT2D eigenvalue weighted by Crippen LogP contribution is 2.39. The number of nitrogens with one attached hydrogen (secondary N) is 2. The first-order valence-corrected chi connectivity index (χ1v) is 13.6. The number of carbonyl (C=O) groups excluding carboxylic acids is 1. The van der Waals surface area contributed by atoms with Gasteiger partial charge in [0.05, 0.1) is 28.9 Å². The van der Waals surface area contributed by atoms with Gasteiger partial charge in [-0.25, -0.2) is 8.42 Å². The molecule has 0 atom stereocenters. The van der Waals surface area contributed by atoms with Gasteiger partial charge in [-0.15, -0.1) is 0 Å². The highest BCUT2D eigenvalue weighted by atomic mass is 79.9. The van der Waals surface area contributed by atoms with E-state index in [1.165, 1.54) is 11.4 Å². The topological polar surface area (TPSA) is 116 Å². The molecule has 0 fully saturated rings. The zero-order valence-electron chi connectivity index (χ0n) is 19.6. The van der Waals surface area contributed by atoms with Crippen molar-refractivity contribution in [1.29, 1.82) is 0 Å². The fourth-order valence-corrected chi connectivity index (χ4v) is 4.76. The molecule has 4 rings (SSSR count). The fourth-order valence-electron chi connectivity index (χ4n) is 3.90. The van der Waals surface area contributed by atoms with E-state index in [2.05, 4.69) is 26.6 Å². The molecule has 1 aliphatic heterocycles. The molecule has 8 nitrogen and oxygen atoms in total. The molecule has 1 aliphatic rings. The summed E-state index contributed by atoms with van der Waals surface area (Å²) in [6.07, 6.45) is 1.48. The standard InChI is InChI=1S/C26H24BrN3O5S/c1-30(36(2,34)35)20-10-8-19(9-11-20)28-25(17-5-3-4-16(14-17)6-13-23(31)32)24-21-12-7-18(27)15-22(21)29-26(24)33/h3-5,7-12,14-15,28H,6,13H2,1-2H3,(H,29,33)(H,31,32)/b25-24-. The normalized spacial score (nSPS) is 14.1. The second-order valence-corrected chi connectivity index (χ2v) is 11.3. The molecule has 0 aliphatic carbocycles. The lowest BCUT2D eigenvalue weighted by Crippen LogP contribution is -2.24. The molecule has 3 N–H and O–H groups in total. The zero-order valence-corrected chi connectivity index (χ0v) is 22.0. The minimum atomic E-state index is -3.40. The lowest BCUT2D eigenvalue weighted by molar-refractivity contribution is -0.137. The van der Waals surface area contributed by atoms with Crippen LogP contribution in [0.3, 0.4) is 0 Å². The van der Waals surface area contributed by atoms with Crippen molar-refractivity contribution in [3.63, 3.8) is 0 Å². The second-order valence-electron chi connectivity index (χ2n) is 8.39. The third-order valence-corrected chi connectivity index (χ3v) is 7.52. The Balaban J connectivity index is 1.80. The molecule has 0 bridgehead atoms. The number of nitrogens with zero attached hydrogens (tertiary/aromatic N) is 1. The van der Waals surface area contributed by atoms with E-state index >= 15 is 0 Å². The fraction of sp³-hybridized carbons (Fsp3) is 0.154. The lowest BCUT2D eigenvalue weighted by atomic mass is 9.98. The van der Waals surface area contributed by atoms with Crippen LogP contribution < -0.4 is 14.9 Å². The average Bonchev–Trinajstić information content (AvgIpc) is 3.15. The summed E-state index contributed by atoms with van der Waals surface area (Å²) in [6, 6.07) is 19.8. The molecule has 3 aromatic carbocycles. The van der Waals surface area contributed by atoms with Crippen molar-refractivity contribution < 1.29 is 23.1 Å². The predicted octanol–water partition coefficient (Wildman–Crippen LogP) is 4.79. The maximum Gasteiger partial charge on any atom is 0.303 e. The zero-order chi connectivity index (χ0) is 26.0. The van der Waals surface area contributed by atoms with E-state index in [4.69, 9.17) is 5.11 Å². The van der Waals surface area contributed by atoms with Crippen LogP contribution in [0.1, 0.15) is 23.1 Å². The SMILES string of the molecule is CN(c1ccc(N/C(=C2\C(=O)Nc3cc(Br)ccc32)c2cccc(CCC(=O)O)c2)cc1)S(C)(=O)=O. The summed E-state index contributed by atoms with van der Waals surface area (Å²) in [5.74, 6) is -1.15. The van der Waals surface area contributed by atoms with E-state index in [1.807, 2.05) is 42.5 Å². The Morgan fingerprint density at radius 2 is 1.81 bits per heavy atom. The van der Waals surface area contributed by atoms with Gasteiger partial charge in [0.25, 0.3) is 5.91 Å². The minimum Gasteiger partial charge on any atom is -0.481 e. The Labute approximate surface area is 217 Å². The number of sulfonamides is 1. The Bertz CT molecular complexity index is 1480. The number of anilines is 3. The summed E-state index contributed by atoms with van der Waals surface area (Å²) in [7, 11) is -1.93. The van der Waals surface area contributed by atoms with Gasteiger partial charge in [-0.3, -0.25) is 13.9 Å². The molecule has 3 aromatic rings. The van der Waals surface area contributed by atoms with Crippen molar-refractivity contribution in [2.24, 2.45) is 0 Å². The molecule has 0 saturated carbocycles. The number of benzene rings is 3. The first kappa shape index (κ1) is 25.5. The van der Waals surface area contributed by atoms with Gasteiger partial charge in [-0.05, 0) is 60.0 Å². The number of carboxylic acid groups (broad SMARTS) is 1. The molecule has 186 valence electrons. The van der Waals surface area contributed by atoms with Gasteiger partial charge in [0, 0.05) is 29.2 Å². The van der Waals surface area contributed by atoms with Crippen LogP contribution in [0.4, 0.5) is 17.1 Å². The Morgan fingerprint density at radius 3 is 2.47 bits per heavy atom. The van der Waals surface area contributed by atoms with Crippen LogP contribution in [0, 0.1) is 0 Å². The van der Waals surface area contributed by atoms with Crippen LogP contribution in [-0.2, 0) is 26.0 Å². The number of aliphatic carboxylic acids is 1. The second kappa shape index (κ2) is 10.2. The average molecular weight is 570 g/mol. The summed E-state index contributed by atoms with van der Waals surface area (Å²) >= 11 is 3.43. The number of carboxylic acids is 1. The number of amides is 1. The highest BCUT2D eigenvalue weighted by molar-refractivity contribution is 9.10. The van der Waals surface area contributed by atoms with Gasteiger partial charge in [0.1, 0.15) is 0 Å². The molecule has 10 heteroatoms. The Kier molecular flexibility index (Phi) is 7.18. The Morgan fingerprint density at radius 1 is 1.08 bits per heavy atom. The van der Waals surface area contributed by atoms with Crippen LogP contribution in [0.5, 0.6) is 0 Å². The van der Waals surface area contributed by atoms with Crippen LogP contribution in [0.15, 0.2) is 71.2 Å². The molecule has 1 amide bonds. The molecular weight excluding hydrogens is 546 g/mol. The number of aryl methyl sites for hydroxylation is 1. The van der Waals surface area contributed by atoms with Crippen molar-refractivity contribution in [3.8, 4) is 0 Å². The minimum absolute atomic E-state index is 0.00451. The number of hydrogen-bond donors (Lipinski definition) is 3. The van der Waals surface area contributed by atoms with Crippen molar-refractivity contribution >= 4 is 66.2 Å². The number of hydrogen-bond acceptors (Lipinski definition) is 5. The number of rotatable bonds is 8. The van der Waals surface area contributed by atoms with Gasteiger partial charge in [-0.1, -0.05) is 40.2 Å². The van der Waals surface area contributed by atoms with Crippen molar-refractivity contribution in [3.05, 3.63) is 87.9 Å². The molecule has 36 heavy (non-hydrogen) atoms. The van der Waals surface area contributed by atoms with Crippen molar-refractivity contribution in [2.45, 2.75) is 12.8 Å². The molecule has 0 saturated heterocycles. The quantitative estimate of drug-likeness (QED) is 0.336. The van der Waals surface area contributed by atoms with E-state index < -0.39 is 16.0 Å². The smallest absolute Gasteiger partial charge is 0.303 e. The maximum absolute atomic E-state index is 13.1. The van der Waals surface area contributed by atoms with E-state index in [9.17, 15) is 18.0 Å². The molecule has 1 heterocycles. The third kappa shape index (κ3) is 5.60. The summed E-state index contributed by atoms with van der Waals surface area (Å²) in [5.41, 5.74) is 5.11. The molecule has 0 unspecified atom stereocenters. The lowest BCUT2D eigenvalue weighted by Gasteiger charge is -2.19. The van der Waals surface area contributed by atoms with E-state index in [1.54, 1.807) is 24.3 Å². The van der Waals surface area contributed by atoms with E-state index in [-0.39, 0.29) is 12.3 Å². The predicted molar refractivity (Wildman–Crippen MR) is 145 cm³/mol. The van der Waals surface area contributed by atoms with Gasteiger partial charge >= 0.3 is 5.97 Å². The summed E-state index contributed by atoms with van der Waals surface area (Å²) < 4.78 is 25.8. The monoisotopic (exact) mass is 569 g/mol. The van der Waals surface area contributed by atoms with Crippen LogP contribution in [0.25, 0.3) is 11.3 Å². The van der Waals surface area contributed by atoms with Crippen LogP contribution >= 0.6 is 15.9 Å². The van der Waals surface area contributed by atoms with Crippen molar-refractivity contribution in [1.82, 2.24) is 0 Å². The van der Waals surface area contributed by atoms with Crippen LogP contribution in [0.2, 0.25) is 0 Å². The molecular formula is C26H24BrN3O5S. The number of fused-ring (bicyclic) bond motifs is 1. The number of carbonyl (C=O) groups is 2. The summed E-state index contributed by atoms with van der Waals surface area (Å²) in [4.78, 5) is 24.2. The van der Waals surface area contributed by atoms with Gasteiger partial charge in [0.2, 0.25) is 10.0 Å². The first-order chi connectivity index (χ1) is 17.0. The van der Waals surface area contributed by atoms with Gasteiger partial charge in [0.15, 0.2) is 0 Å².